The minimum atomic E-state index is -0.678. The van der Waals surface area contributed by atoms with Crippen LogP contribution in [-0.4, -0.2) is 11.2 Å². The van der Waals surface area contributed by atoms with Crippen molar-refractivity contribution < 1.29 is 8.78 Å². The molecule has 0 aliphatic heterocycles. The zero-order chi connectivity index (χ0) is 13.1. The minimum absolute atomic E-state index is 0.195. The third-order valence-electron chi connectivity index (χ3n) is 2.02. The predicted molar refractivity (Wildman–Crippen MR) is 72.1 cm³/mol. The van der Waals surface area contributed by atoms with Crippen LogP contribution in [0.15, 0.2) is 27.1 Å². The number of anilines is 1. The van der Waals surface area contributed by atoms with Crippen LogP contribution in [0.5, 0.6) is 0 Å². The topological polar surface area (TPSA) is 37.3 Å². The van der Waals surface area contributed by atoms with Crippen molar-refractivity contribution in [1.29, 1.82) is 0 Å². The lowest BCUT2D eigenvalue weighted by Crippen LogP contribution is -1.97. The predicted octanol–water partition coefficient (Wildman–Crippen LogP) is 3.94. The van der Waals surface area contributed by atoms with Crippen molar-refractivity contribution in [2.75, 3.05) is 5.43 Å². The van der Waals surface area contributed by atoms with Gasteiger partial charge >= 0.3 is 0 Å². The Morgan fingerprint density at radius 3 is 2.61 bits per heavy atom. The number of hydrazone groups is 1. The molecule has 94 valence electrons. The third-order valence-corrected chi connectivity index (χ3v) is 3.34. The van der Waals surface area contributed by atoms with Gasteiger partial charge in [-0.05, 0) is 19.1 Å². The molecule has 2 rings (SSSR count). The first-order chi connectivity index (χ1) is 8.56. The lowest BCUT2D eigenvalue weighted by atomic mass is 10.2. The van der Waals surface area contributed by atoms with Gasteiger partial charge in [-0.3, -0.25) is 5.43 Å². The highest BCUT2D eigenvalue weighted by Gasteiger charge is 2.08. The first-order valence-corrected chi connectivity index (χ1v) is 6.59. The van der Waals surface area contributed by atoms with Crippen LogP contribution in [0.4, 0.5) is 13.9 Å². The normalized spacial score (nSPS) is 11.1. The Morgan fingerprint density at radius 2 is 2.06 bits per heavy atom. The molecule has 0 bridgehead atoms. The molecule has 0 aliphatic rings. The fraction of sp³-hybridized carbons (Fsp3) is 0.0909. The highest BCUT2D eigenvalue weighted by Crippen LogP contribution is 2.18. The number of aromatic nitrogens is 1. The van der Waals surface area contributed by atoms with Crippen molar-refractivity contribution in [1.82, 2.24) is 4.98 Å². The average Bonchev–Trinajstić information content (AvgIpc) is 2.68. The molecule has 7 heteroatoms. The van der Waals surface area contributed by atoms with Crippen LogP contribution in [-0.2, 0) is 0 Å². The van der Waals surface area contributed by atoms with E-state index in [1.807, 2.05) is 12.3 Å². The molecule has 1 N–H and O–H groups in total. The number of hydrogen-bond donors (Lipinski definition) is 1. The Morgan fingerprint density at radius 1 is 1.39 bits per heavy atom. The highest BCUT2D eigenvalue weighted by molar-refractivity contribution is 9.10. The van der Waals surface area contributed by atoms with Crippen molar-refractivity contribution in [3.63, 3.8) is 0 Å². The molecule has 0 radical (unpaired) electrons. The molecule has 0 amide bonds. The Bertz CT molecular complexity index is 575. The molecule has 0 aliphatic carbocycles. The van der Waals surface area contributed by atoms with Gasteiger partial charge in [-0.25, -0.2) is 13.8 Å². The quantitative estimate of drug-likeness (QED) is 0.683. The highest BCUT2D eigenvalue weighted by atomic mass is 79.9. The number of hydrogen-bond acceptors (Lipinski definition) is 4. The van der Waals surface area contributed by atoms with E-state index < -0.39 is 11.6 Å². The van der Waals surface area contributed by atoms with Crippen molar-refractivity contribution in [2.24, 2.45) is 5.10 Å². The van der Waals surface area contributed by atoms with Crippen LogP contribution in [0.3, 0.4) is 0 Å². The number of halogens is 3. The van der Waals surface area contributed by atoms with E-state index in [0.29, 0.717) is 9.60 Å². The van der Waals surface area contributed by atoms with E-state index in [1.165, 1.54) is 23.5 Å². The Hall–Kier alpha value is -1.34. The molecule has 2 aromatic rings. The van der Waals surface area contributed by atoms with Gasteiger partial charge in [0.15, 0.2) is 0 Å². The summed E-state index contributed by atoms with van der Waals surface area (Å²) >= 11 is 4.37. The summed E-state index contributed by atoms with van der Waals surface area (Å²) in [4.78, 5) is 4.10. The van der Waals surface area contributed by atoms with Crippen molar-refractivity contribution in [3.05, 3.63) is 44.9 Å². The van der Waals surface area contributed by atoms with E-state index in [-0.39, 0.29) is 5.56 Å². The number of nitrogens with zero attached hydrogens (tertiary/aromatic N) is 2. The van der Waals surface area contributed by atoms with Crippen LogP contribution in [0, 0.1) is 18.6 Å². The largest absolute Gasteiger partial charge is 0.253 e. The number of rotatable bonds is 3. The molecular weight excluding hydrogens is 324 g/mol. The van der Waals surface area contributed by atoms with E-state index in [2.05, 4.69) is 31.4 Å². The van der Waals surface area contributed by atoms with Gasteiger partial charge in [0.05, 0.1) is 17.5 Å². The van der Waals surface area contributed by atoms with Crippen LogP contribution < -0.4 is 5.43 Å². The van der Waals surface area contributed by atoms with Crippen molar-refractivity contribution in [2.45, 2.75) is 6.92 Å². The van der Waals surface area contributed by atoms with Gasteiger partial charge in [0.2, 0.25) is 5.13 Å². The van der Waals surface area contributed by atoms with Crippen molar-refractivity contribution >= 4 is 38.6 Å². The van der Waals surface area contributed by atoms with Crippen LogP contribution in [0.2, 0.25) is 0 Å². The summed E-state index contributed by atoms with van der Waals surface area (Å²) in [7, 11) is 0. The van der Waals surface area contributed by atoms with Gasteiger partial charge in [-0.15, -0.1) is 11.3 Å². The molecule has 0 saturated heterocycles. The molecule has 18 heavy (non-hydrogen) atoms. The van der Waals surface area contributed by atoms with Gasteiger partial charge in [0.25, 0.3) is 0 Å². The van der Waals surface area contributed by atoms with E-state index in [4.69, 9.17) is 0 Å². The molecule has 0 atom stereocenters. The Balaban J connectivity index is 2.14. The van der Waals surface area contributed by atoms with E-state index >= 15 is 0 Å². The van der Waals surface area contributed by atoms with Gasteiger partial charge in [0, 0.05) is 9.85 Å². The smallest absolute Gasteiger partial charge is 0.203 e. The molecule has 3 nitrogen and oxygen atoms in total. The van der Waals surface area contributed by atoms with Crippen LogP contribution in [0.25, 0.3) is 0 Å². The molecular formula is C11H8BrF2N3S. The number of benzene rings is 1. The molecule has 0 unspecified atom stereocenters. The summed E-state index contributed by atoms with van der Waals surface area (Å²) in [5, 5.41) is 6.17. The number of aryl methyl sites for hydroxylation is 1. The molecule has 1 heterocycles. The van der Waals surface area contributed by atoms with E-state index in [1.54, 1.807) is 0 Å². The lowest BCUT2D eigenvalue weighted by molar-refractivity contribution is 0.578. The first-order valence-electron chi connectivity index (χ1n) is 4.92. The summed E-state index contributed by atoms with van der Waals surface area (Å²) < 4.78 is 27.2. The van der Waals surface area contributed by atoms with Gasteiger partial charge < -0.3 is 0 Å². The SMILES string of the molecule is Cc1csc(NN=Cc2c(F)cc(Br)cc2F)n1. The molecule has 0 fully saturated rings. The monoisotopic (exact) mass is 331 g/mol. The molecule has 1 aromatic carbocycles. The summed E-state index contributed by atoms with van der Waals surface area (Å²) in [6, 6.07) is 2.36. The molecule has 1 aromatic heterocycles. The second-order valence-electron chi connectivity index (χ2n) is 3.45. The minimum Gasteiger partial charge on any atom is -0.253 e. The van der Waals surface area contributed by atoms with Gasteiger partial charge in [-0.1, -0.05) is 15.9 Å². The van der Waals surface area contributed by atoms with Crippen molar-refractivity contribution in [3.8, 4) is 0 Å². The summed E-state index contributed by atoms with van der Waals surface area (Å²) in [5.41, 5.74) is 3.28. The van der Waals surface area contributed by atoms with Gasteiger partial charge in [0.1, 0.15) is 11.6 Å². The zero-order valence-electron chi connectivity index (χ0n) is 9.25. The first kappa shape index (κ1) is 13.1. The zero-order valence-corrected chi connectivity index (χ0v) is 11.6. The second-order valence-corrected chi connectivity index (χ2v) is 5.22. The summed E-state index contributed by atoms with van der Waals surface area (Å²) in [6.45, 7) is 1.85. The maximum atomic E-state index is 13.4. The Kier molecular flexibility index (Phi) is 4.03. The fourth-order valence-corrected chi connectivity index (χ4v) is 2.27. The van der Waals surface area contributed by atoms with E-state index in [9.17, 15) is 8.78 Å². The molecule has 0 spiro atoms. The van der Waals surface area contributed by atoms with E-state index in [0.717, 1.165) is 11.9 Å². The average molecular weight is 332 g/mol. The standard InChI is InChI=1S/C11H8BrF2N3S/c1-6-5-18-11(16-6)17-15-4-8-9(13)2-7(12)3-10(8)14/h2-5H,1H3,(H,16,17). The second kappa shape index (κ2) is 5.53. The maximum Gasteiger partial charge on any atom is 0.203 e. The number of nitrogens with one attached hydrogen (secondary N) is 1. The lowest BCUT2D eigenvalue weighted by Gasteiger charge is -2.00. The maximum absolute atomic E-state index is 13.4. The number of thiazole rings is 1. The third kappa shape index (κ3) is 3.11. The van der Waals surface area contributed by atoms with Crippen LogP contribution >= 0.6 is 27.3 Å². The summed E-state index contributed by atoms with van der Waals surface area (Å²) in [5.74, 6) is -1.36. The molecule has 0 saturated carbocycles. The Labute approximate surface area is 115 Å². The van der Waals surface area contributed by atoms with Crippen LogP contribution in [0.1, 0.15) is 11.3 Å². The fourth-order valence-electron chi connectivity index (χ4n) is 1.23. The summed E-state index contributed by atoms with van der Waals surface area (Å²) in [6.07, 6.45) is 1.09. The van der Waals surface area contributed by atoms with Gasteiger partial charge in [-0.2, -0.15) is 5.10 Å².